The van der Waals surface area contributed by atoms with Gasteiger partial charge in [-0.25, -0.2) is 0 Å². The molecule has 0 saturated heterocycles. The molecule has 0 aliphatic carbocycles. The molecule has 0 saturated carbocycles. The zero-order valence-electron chi connectivity index (χ0n) is 44.0. The molecule has 0 heterocycles. The first-order valence-corrected chi connectivity index (χ1v) is 26.3. The van der Waals surface area contributed by atoms with Crippen molar-refractivity contribution in [2.24, 2.45) is 0 Å². The van der Waals surface area contributed by atoms with Gasteiger partial charge in [0.2, 0.25) is 0 Å². The molecule has 1 N–H and O–H groups in total. The van der Waals surface area contributed by atoms with Crippen LogP contribution >= 0.6 is 0 Å². The van der Waals surface area contributed by atoms with Crippen LogP contribution in [-0.2, 0) is 74.1 Å². The molecule has 16 heteroatoms. The molecule has 0 spiro atoms. The average Bonchev–Trinajstić information content (AvgIpc) is 3.30. The van der Waals surface area contributed by atoms with Gasteiger partial charge in [0.05, 0.1) is 146 Å². The van der Waals surface area contributed by atoms with E-state index < -0.39 is 17.5 Å². The number of unbranched alkanes of at least 4 members (excludes halogenated alkanes) is 6. The largest absolute Gasteiger partial charge is 0.491 e. The molecular weight excluding hydrogens is 885 g/mol. The third-order valence-corrected chi connectivity index (χ3v) is 11.0. The Hall–Kier alpha value is -1.35. The fraction of sp³-hybridized carbons (Fsp3) is 0.882. The number of ether oxygens (including phenoxy) is 12. The minimum absolute atomic E-state index is 0.0561. The molecule has 1 aromatic carbocycles. The number of benzene rings is 1. The zero-order chi connectivity index (χ0) is 49.8. The Bertz CT molecular complexity index is 1300. The van der Waals surface area contributed by atoms with Crippen LogP contribution in [0.1, 0.15) is 141 Å². The fourth-order valence-corrected chi connectivity index (χ4v) is 6.58. The molecule has 0 aromatic heterocycles. The van der Waals surface area contributed by atoms with Crippen molar-refractivity contribution in [1.82, 2.24) is 0 Å². The van der Waals surface area contributed by atoms with Gasteiger partial charge < -0.3 is 56.8 Å². The van der Waals surface area contributed by atoms with E-state index in [2.05, 4.69) is 31.2 Å². The highest BCUT2D eigenvalue weighted by Crippen LogP contribution is 2.16. The number of rotatable bonds is 46. The summed E-state index contributed by atoms with van der Waals surface area (Å²) < 4.78 is 95.3. The predicted molar refractivity (Wildman–Crippen MR) is 265 cm³/mol. The SMILES string of the molecule is CCCCCCCCCc1ccc(OCC(C)OCC(C)OCC(C)OCC(C)OCC(C)OCC(C)OCC(C)OCC(C)OCC(C)OCC(C)OCC(C)OCC(C)OS(=O)O)cc1. The lowest BCUT2D eigenvalue weighted by molar-refractivity contribution is -0.113. The van der Waals surface area contributed by atoms with Crippen molar-refractivity contribution in [3.05, 3.63) is 29.8 Å². The molecule has 0 aliphatic heterocycles. The topological polar surface area (TPSA) is 157 Å². The monoisotopic (exact) mass is 981 g/mol. The highest BCUT2D eigenvalue weighted by molar-refractivity contribution is 7.74. The quantitative estimate of drug-likeness (QED) is 0.0487. The van der Waals surface area contributed by atoms with Crippen molar-refractivity contribution in [3.8, 4) is 5.75 Å². The van der Waals surface area contributed by atoms with Crippen LogP contribution in [0.2, 0.25) is 0 Å². The Balaban J connectivity index is 2.08. The van der Waals surface area contributed by atoms with Gasteiger partial charge in [-0.05, 0) is 114 Å². The van der Waals surface area contributed by atoms with Gasteiger partial charge in [0, 0.05) is 0 Å². The molecule has 1 aromatic rings. The third kappa shape index (κ3) is 38.1. The van der Waals surface area contributed by atoms with Crippen LogP contribution in [0.4, 0.5) is 0 Å². The van der Waals surface area contributed by atoms with Crippen LogP contribution in [0, 0.1) is 0 Å². The second-order valence-electron chi connectivity index (χ2n) is 18.5. The second kappa shape index (κ2) is 40.3. The highest BCUT2D eigenvalue weighted by atomic mass is 32.2. The normalized spacial score (nSPS) is 18.0. The molecule has 0 fully saturated rings. The lowest BCUT2D eigenvalue weighted by atomic mass is 10.0. The number of hydrogen-bond donors (Lipinski definition) is 1. The summed E-state index contributed by atoms with van der Waals surface area (Å²) in [7, 11) is 0. The van der Waals surface area contributed by atoms with E-state index in [4.69, 9.17) is 65.6 Å². The van der Waals surface area contributed by atoms with Gasteiger partial charge >= 0.3 is 11.4 Å². The van der Waals surface area contributed by atoms with E-state index in [-0.39, 0.29) is 73.8 Å². The molecular formula is C51H96O15S. The Labute approximate surface area is 409 Å². The van der Waals surface area contributed by atoms with E-state index in [1.165, 1.54) is 50.5 Å². The summed E-state index contributed by atoms with van der Waals surface area (Å²) in [5.41, 5.74) is 1.37. The molecule has 13 unspecified atom stereocenters. The van der Waals surface area contributed by atoms with Gasteiger partial charge in [0.1, 0.15) is 12.4 Å². The molecule has 0 bridgehead atoms. The molecule has 396 valence electrons. The Kier molecular flexibility index (Phi) is 38.3. The molecule has 0 aliphatic rings. The van der Waals surface area contributed by atoms with Crippen molar-refractivity contribution in [2.45, 2.75) is 215 Å². The predicted octanol–water partition coefficient (Wildman–Crippen LogP) is 9.36. The molecule has 1 rings (SSSR count). The first-order valence-electron chi connectivity index (χ1n) is 25.2. The van der Waals surface area contributed by atoms with Gasteiger partial charge in [0.15, 0.2) is 0 Å². The second-order valence-corrected chi connectivity index (χ2v) is 19.2. The van der Waals surface area contributed by atoms with Gasteiger partial charge in [-0.1, -0.05) is 57.6 Å². The lowest BCUT2D eigenvalue weighted by Crippen LogP contribution is -2.31. The third-order valence-electron chi connectivity index (χ3n) is 10.5. The number of aryl methyl sites for hydroxylation is 1. The van der Waals surface area contributed by atoms with Crippen molar-refractivity contribution >= 4 is 11.4 Å². The van der Waals surface area contributed by atoms with Gasteiger partial charge in [-0.3, -0.25) is 8.74 Å². The van der Waals surface area contributed by atoms with Crippen molar-refractivity contribution in [2.75, 3.05) is 79.3 Å². The first-order chi connectivity index (χ1) is 31.9. The van der Waals surface area contributed by atoms with Crippen LogP contribution in [0.25, 0.3) is 0 Å². The Morgan fingerprint density at radius 2 is 0.627 bits per heavy atom. The maximum atomic E-state index is 10.7. The first kappa shape index (κ1) is 63.7. The zero-order valence-corrected chi connectivity index (χ0v) is 44.8. The van der Waals surface area contributed by atoms with E-state index in [1.54, 1.807) is 6.92 Å². The van der Waals surface area contributed by atoms with Gasteiger partial charge in [-0.2, -0.15) is 4.21 Å². The summed E-state index contributed by atoms with van der Waals surface area (Å²) in [6, 6.07) is 8.48. The minimum atomic E-state index is -2.32. The lowest BCUT2D eigenvalue weighted by Gasteiger charge is -2.23. The molecule has 0 radical (unpaired) electrons. The summed E-state index contributed by atoms with van der Waals surface area (Å²) in [5.74, 6) is 0.872. The van der Waals surface area contributed by atoms with E-state index in [1.807, 2.05) is 76.2 Å². The van der Waals surface area contributed by atoms with Crippen LogP contribution in [0.3, 0.4) is 0 Å². The van der Waals surface area contributed by atoms with E-state index in [0.29, 0.717) is 72.7 Å². The van der Waals surface area contributed by atoms with E-state index in [9.17, 15) is 4.21 Å². The standard InChI is InChI=1S/C51H96O15S/c1-14-15-16-17-18-19-20-21-50-22-24-51(25-23-50)65-36-48(12)63-34-46(10)61-32-44(8)59-30-42(6)57-28-40(4)55-26-38(2)54-27-39(3)56-29-41(5)58-31-43(7)60-33-45(9)62-35-47(11)64-37-49(13)66-67(52)53/h22-25,38-49H,14-21,26-37H2,1-13H3,(H,52,53). The summed E-state index contributed by atoms with van der Waals surface area (Å²) in [5, 5.41) is 0. The van der Waals surface area contributed by atoms with Gasteiger partial charge in [-0.15, -0.1) is 0 Å². The van der Waals surface area contributed by atoms with E-state index >= 15 is 0 Å². The van der Waals surface area contributed by atoms with Crippen molar-refractivity contribution in [3.63, 3.8) is 0 Å². The summed E-state index contributed by atoms with van der Waals surface area (Å²) in [4.78, 5) is 0. The molecule has 13 atom stereocenters. The fourth-order valence-electron chi connectivity index (χ4n) is 6.25. The van der Waals surface area contributed by atoms with Crippen LogP contribution in [0.5, 0.6) is 5.75 Å². The van der Waals surface area contributed by atoms with Gasteiger partial charge in [0.25, 0.3) is 0 Å². The summed E-state index contributed by atoms with van der Waals surface area (Å²) >= 11 is -2.32. The van der Waals surface area contributed by atoms with E-state index in [0.717, 1.165) is 12.2 Å². The molecule has 15 nitrogen and oxygen atoms in total. The minimum Gasteiger partial charge on any atom is -0.491 e. The van der Waals surface area contributed by atoms with Crippen LogP contribution < -0.4 is 4.74 Å². The van der Waals surface area contributed by atoms with Crippen LogP contribution in [0.15, 0.2) is 24.3 Å². The van der Waals surface area contributed by atoms with Crippen molar-refractivity contribution in [1.29, 1.82) is 0 Å². The molecule has 67 heavy (non-hydrogen) atoms. The smallest absolute Gasteiger partial charge is 0.302 e. The number of hydrogen-bond acceptors (Lipinski definition) is 14. The van der Waals surface area contributed by atoms with Crippen molar-refractivity contribution < 1.29 is 69.8 Å². The van der Waals surface area contributed by atoms with Crippen LogP contribution in [-0.4, -0.2) is 161 Å². The Morgan fingerprint density at radius 1 is 0.373 bits per heavy atom. The maximum absolute atomic E-state index is 10.7. The maximum Gasteiger partial charge on any atom is 0.302 e. The molecule has 0 amide bonds. The summed E-state index contributed by atoms with van der Waals surface area (Å²) in [6.45, 7) is 30.6. The summed E-state index contributed by atoms with van der Waals surface area (Å²) in [6.07, 6.45) is 8.70. The highest BCUT2D eigenvalue weighted by Gasteiger charge is 2.17. The Morgan fingerprint density at radius 3 is 0.910 bits per heavy atom. The average molecular weight is 981 g/mol.